The highest BCUT2D eigenvalue weighted by molar-refractivity contribution is 6.35. The number of nitrogens with zero attached hydrogens (tertiary/aromatic N) is 1. The molecule has 3 atom stereocenters. The Morgan fingerprint density at radius 3 is 2.36 bits per heavy atom. The number of esters is 1. The summed E-state index contributed by atoms with van der Waals surface area (Å²) < 4.78 is 5.24. The molecule has 0 spiro atoms. The third-order valence-electron chi connectivity index (χ3n) is 4.66. The summed E-state index contributed by atoms with van der Waals surface area (Å²) in [5, 5.41) is 0.872. The molecule has 0 aromatic heterocycles. The lowest BCUT2D eigenvalue weighted by Crippen LogP contribution is -2.44. The van der Waals surface area contributed by atoms with Gasteiger partial charge in [0, 0.05) is 15.6 Å². The average Bonchev–Trinajstić information content (AvgIpc) is 2.85. The van der Waals surface area contributed by atoms with Gasteiger partial charge < -0.3 is 4.74 Å². The predicted octanol–water partition coefficient (Wildman–Crippen LogP) is 3.38. The number of likely N-dealkylation sites (tertiary alicyclic amines) is 1. The van der Waals surface area contributed by atoms with Crippen LogP contribution >= 0.6 is 23.2 Å². The third-order valence-corrected chi connectivity index (χ3v) is 5.24. The van der Waals surface area contributed by atoms with Crippen molar-refractivity contribution in [2.45, 2.75) is 32.4 Å². The number of hydrogen-bond acceptors (Lipinski definition) is 4. The summed E-state index contributed by atoms with van der Waals surface area (Å²) in [5.41, 5.74) is 0.601. The van der Waals surface area contributed by atoms with Crippen LogP contribution in [0.4, 0.5) is 0 Å². The molecule has 132 valence electrons. The first-order valence-electron chi connectivity index (χ1n) is 8.02. The van der Waals surface area contributed by atoms with E-state index in [1.807, 2.05) is 12.2 Å². The van der Waals surface area contributed by atoms with E-state index in [-0.39, 0.29) is 30.3 Å². The standard InChI is InChI=1S/C18H17Cl2NO4/c1-10(18(24)25-9-11-6-7-12(19)8-15(11)20)21-16(22)13-4-2-3-5-14(13)17(21)23/h2-3,6-8,10,13-14H,4-5,9H2,1H3/t10-,13-,14-/m0/s1. The first kappa shape index (κ1) is 18.0. The van der Waals surface area contributed by atoms with Crippen molar-refractivity contribution in [3.8, 4) is 0 Å². The van der Waals surface area contributed by atoms with E-state index >= 15 is 0 Å². The Morgan fingerprint density at radius 1 is 1.20 bits per heavy atom. The molecule has 1 aromatic carbocycles. The Balaban J connectivity index is 1.66. The van der Waals surface area contributed by atoms with Crippen molar-refractivity contribution in [1.82, 2.24) is 4.90 Å². The second kappa shape index (κ2) is 7.18. The van der Waals surface area contributed by atoms with Crippen molar-refractivity contribution in [2.75, 3.05) is 0 Å². The highest BCUT2D eigenvalue weighted by Crippen LogP contribution is 2.36. The number of ether oxygens (including phenoxy) is 1. The number of carbonyl (C=O) groups excluding carboxylic acids is 3. The molecule has 1 heterocycles. The van der Waals surface area contributed by atoms with E-state index in [1.165, 1.54) is 6.92 Å². The van der Waals surface area contributed by atoms with E-state index in [0.29, 0.717) is 28.5 Å². The van der Waals surface area contributed by atoms with E-state index in [0.717, 1.165) is 4.90 Å². The van der Waals surface area contributed by atoms with Crippen LogP contribution in [0.1, 0.15) is 25.3 Å². The van der Waals surface area contributed by atoms with Crippen molar-refractivity contribution >= 4 is 41.0 Å². The number of imide groups is 1. The van der Waals surface area contributed by atoms with Crippen LogP contribution in [-0.4, -0.2) is 28.7 Å². The molecular weight excluding hydrogens is 365 g/mol. The molecule has 1 saturated heterocycles. The molecule has 0 radical (unpaired) electrons. The molecule has 2 amide bonds. The smallest absolute Gasteiger partial charge is 0.329 e. The largest absolute Gasteiger partial charge is 0.459 e. The van der Waals surface area contributed by atoms with Crippen LogP contribution in [-0.2, 0) is 25.7 Å². The van der Waals surface area contributed by atoms with Gasteiger partial charge in [-0.25, -0.2) is 4.79 Å². The van der Waals surface area contributed by atoms with Crippen molar-refractivity contribution in [1.29, 1.82) is 0 Å². The molecule has 0 saturated carbocycles. The fourth-order valence-corrected chi connectivity index (χ4v) is 3.68. The summed E-state index contributed by atoms with van der Waals surface area (Å²) in [5.74, 6) is -1.96. The normalized spacial score (nSPS) is 23.6. The lowest BCUT2D eigenvalue weighted by atomic mass is 9.85. The van der Waals surface area contributed by atoms with Crippen molar-refractivity contribution in [3.63, 3.8) is 0 Å². The van der Waals surface area contributed by atoms with E-state index in [4.69, 9.17) is 27.9 Å². The summed E-state index contributed by atoms with van der Waals surface area (Å²) in [4.78, 5) is 38.4. The van der Waals surface area contributed by atoms with Crippen molar-refractivity contribution in [3.05, 3.63) is 46.0 Å². The second-order valence-corrected chi connectivity index (χ2v) is 7.07. The number of hydrogen-bond donors (Lipinski definition) is 0. The van der Waals surface area contributed by atoms with Gasteiger partial charge in [0.15, 0.2) is 0 Å². The van der Waals surface area contributed by atoms with Gasteiger partial charge in [0.2, 0.25) is 11.8 Å². The number of rotatable bonds is 4. The van der Waals surface area contributed by atoms with Gasteiger partial charge in [0.1, 0.15) is 12.6 Å². The van der Waals surface area contributed by atoms with Crippen LogP contribution in [0.5, 0.6) is 0 Å². The summed E-state index contributed by atoms with van der Waals surface area (Å²) in [7, 11) is 0. The number of halogens is 2. The fourth-order valence-electron chi connectivity index (χ4n) is 3.22. The molecule has 1 aromatic rings. The monoisotopic (exact) mass is 381 g/mol. The predicted molar refractivity (Wildman–Crippen MR) is 92.9 cm³/mol. The Morgan fingerprint density at radius 2 is 1.80 bits per heavy atom. The maximum absolute atomic E-state index is 12.5. The minimum atomic E-state index is -0.961. The van der Waals surface area contributed by atoms with E-state index in [2.05, 4.69) is 0 Å². The van der Waals surface area contributed by atoms with Gasteiger partial charge in [0.05, 0.1) is 11.8 Å². The second-order valence-electron chi connectivity index (χ2n) is 6.22. The van der Waals surface area contributed by atoms with Crippen LogP contribution in [0.25, 0.3) is 0 Å². The lowest BCUT2D eigenvalue weighted by molar-refractivity contribution is -0.159. The molecular formula is C18H17Cl2NO4. The quantitative estimate of drug-likeness (QED) is 0.455. The Kier molecular flexibility index (Phi) is 5.16. The molecule has 7 heteroatoms. The van der Waals surface area contributed by atoms with Gasteiger partial charge in [-0.3, -0.25) is 14.5 Å². The summed E-state index contributed by atoms with van der Waals surface area (Å²) in [6.45, 7) is 1.45. The average molecular weight is 382 g/mol. The van der Waals surface area contributed by atoms with Gasteiger partial charge in [-0.15, -0.1) is 0 Å². The molecule has 1 aliphatic carbocycles. The minimum absolute atomic E-state index is 0.0518. The lowest BCUT2D eigenvalue weighted by Gasteiger charge is -2.21. The van der Waals surface area contributed by atoms with E-state index in [1.54, 1.807) is 18.2 Å². The zero-order chi connectivity index (χ0) is 18.1. The van der Waals surface area contributed by atoms with Gasteiger partial charge in [-0.2, -0.15) is 0 Å². The molecule has 0 bridgehead atoms. The Hall–Kier alpha value is -1.85. The summed E-state index contributed by atoms with van der Waals surface area (Å²) in [6, 6.07) is 3.90. The molecule has 3 rings (SSSR count). The molecule has 2 aliphatic rings. The summed E-state index contributed by atoms with van der Waals surface area (Å²) >= 11 is 11.9. The van der Waals surface area contributed by atoms with Gasteiger partial charge in [0.25, 0.3) is 0 Å². The summed E-state index contributed by atoms with van der Waals surface area (Å²) in [6.07, 6.45) is 4.88. The molecule has 5 nitrogen and oxygen atoms in total. The fraction of sp³-hybridized carbons (Fsp3) is 0.389. The van der Waals surface area contributed by atoms with E-state index < -0.39 is 12.0 Å². The van der Waals surface area contributed by atoms with Gasteiger partial charge in [-0.05, 0) is 31.9 Å². The highest BCUT2D eigenvalue weighted by atomic mass is 35.5. The maximum Gasteiger partial charge on any atom is 0.329 e. The number of fused-ring (bicyclic) bond motifs is 1. The van der Waals surface area contributed by atoms with Crippen LogP contribution in [0.2, 0.25) is 10.0 Å². The number of carbonyl (C=O) groups is 3. The van der Waals surface area contributed by atoms with Crippen LogP contribution < -0.4 is 0 Å². The van der Waals surface area contributed by atoms with Crippen molar-refractivity contribution < 1.29 is 19.1 Å². The molecule has 0 unspecified atom stereocenters. The zero-order valence-electron chi connectivity index (χ0n) is 13.6. The third kappa shape index (κ3) is 3.44. The van der Waals surface area contributed by atoms with Gasteiger partial charge >= 0.3 is 5.97 Å². The SMILES string of the molecule is C[C@@H](C(=O)OCc1ccc(Cl)cc1Cl)N1C(=O)[C@H]2CC=CC[C@@H]2C1=O. The first-order chi connectivity index (χ1) is 11.9. The topological polar surface area (TPSA) is 63.7 Å². The minimum Gasteiger partial charge on any atom is -0.459 e. The number of benzene rings is 1. The van der Waals surface area contributed by atoms with Crippen LogP contribution in [0, 0.1) is 11.8 Å². The first-order valence-corrected chi connectivity index (χ1v) is 8.78. The van der Waals surface area contributed by atoms with Gasteiger partial charge in [-0.1, -0.05) is 41.4 Å². The maximum atomic E-state index is 12.5. The Labute approximate surface area is 155 Å². The van der Waals surface area contributed by atoms with Crippen molar-refractivity contribution in [2.24, 2.45) is 11.8 Å². The highest BCUT2D eigenvalue weighted by Gasteiger charge is 2.50. The molecule has 25 heavy (non-hydrogen) atoms. The van der Waals surface area contributed by atoms with Crippen LogP contribution in [0.3, 0.4) is 0 Å². The zero-order valence-corrected chi connectivity index (χ0v) is 15.1. The van der Waals surface area contributed by atoms with Crippen LogP contribution in [0.15, 0.2) is 30.4 Å². The molecule has 1 aliphatic heterocycles. The number of allylic oxidation sites excluding steroid dienone is 2. The molecule has 1 fully saturated rings. The molecule has 0 N–H and O–H groups in total. The van der Waals surface area contributed by atoms with E-state index in [9.17, 15) is 14.4 Å². The Bertz CT molecular complexity index is 735. The number of amides is 2.